The Hall–Kier alpha value is -2.88. The highest BCUT2D eigenvalue weighted by Gasteiger charge is 2.24. The molecule has 1 saturated carbocycles. The van der Waals surface area contributed by atoms with E-state index >= 15 is 0 Å². The quantitative estimate of drug-likeness (QED) is 0.741. The minimum Gasteiger partial charge on any atom is -0.339 e. The molecule has 0 bridgehead atoms. The van der Waals surface area contributed by atoms with E-state index in [-0.39, 0.29) is 5.91 Å². The number of carbonyl (C=O) groups is 1. The lowest BCUT2D eigenvalue weighted by atomic mass is 10.0. The predicted octanol–water partition coefficient (Wildman–Crippen LogP) is 4.76. The number of aromatic nitrogens is 2. The van der Waals surface area contributed by atoms with Crippen molar-refractivity contribution in [3.63, 3.8) is 0 Å². The second-order valence-corrected chi connectivity index (χ2v) is 6.98. The summed E-state index contributed by atoms with van der Waals surface area (Å²) in [6.07, 6.45) is 6.47. The monoisotopic (exact) mass is 345 g/mol. The van der Waals surface area contributed by atoms with E-state index in [1.165, 1.54) is 12.8 Å². The highest BCUT2D eigenvalue weighted by atomic mass is 16.2. The highest BCUT2D eigenvalue weighted by Crippen LogP contribution is 2.26. The van der Waals surface area contributed by atoms with Crippen LogP contribution in [-0.2, 0) is 0 Å². The van der Waals surface area contributed by atoms with Gasteiger partial charge in [0.15, 0.2) is 0 Å². The number of nitrogens with zero attached hydrogens (tertiary/aromatic N) is 2. The first-order valence-electron chi connectivity index (χ1n) is 9.20. The Morgan fingerprint density at radius 2 is 1.50 bits per heavy atom. The molecule has 4 rings (SSSR count). The van der Waals surface area contributed by atoms with E-state index in [1.807, 2.05) is 42.3 Å². The lowest BCUT2D eigenvalue weighted by Gasteiger charge is -2.24. The van der Waals surface area contributed by atoms with E-state index in [4.69, 9.17) is 0 Å². The normalized spacial score (nSPS) is 14.5. The molecule has 0 unspecified atom stereocenters. The molecule has 1 aromatic heterocycles. The van der Waals surface area contributed by atoms with Crippen LogP contribution in [0, 0.1) is 0 Å². The van der Waals surface area contributed by atoms with Gasteiger partial charge < -0.3 is 4.90 Å². The van der Waals surface area contributed by atoms with Crippen molar-refractivity contribution in [3.05, 3.63) is 66.4 Å². The summed E-state index contributed by atoms with van der Waals surface area (Å²) in [6, 6.07) is 18.6. The number of hydrogen-bond acceptors (Lipinski definition) is 2. The molecule has 0 spiro atoms. The van der Waals surface area contributed by atoms with Gasteiger partial charge in [0, 0.05) is 24.8 Å². The maximum Gasteiger partial charge on any atom is 0.253 e. The average Bonchev–Trinajstić information content (AvgIpc) is 3.41. The molecule has 4 heteroatoms. The zero-order valence-corrected chi connectivity index (χ0v) is 15.0. The summed E-state index contributed by atoms with van der Waals surface area (Å²) < 4.78 is 0. The van der Waals surface area contributed by atoms with Crippen molar-refractivity contribution in [2.24, 2.45) is 0 Å². The van der Waals surface area contributed by atoms with Crippen LogP contribution in [-0.4, -0.2) is 34.1 Å². The molecule has 3 aromatic rings. The first kappa shape index (κ1) is 16.6. The molecule has 26 heavy (non-hydrogen) atoms. The Bertz CT molecular complexity index is 861. The number of H-pyrrole nitrogens is 1. The number of hydrogen-bond donors (Lipinski definition) is 1. The van der Waals surface area contributed by atoms with E-state index < -0.39 is 0 Å². The minimum atomic E-state index is 0.123. The van der Waals surface area contributed by atoms with E-state index in [0.717, 1.165) is 40.8 Å². The van der Waals surface area contributed by atoms with E-state index in [1.54, 1.807) is 6.20 Å². The van der Waals surface area contributed by atoms with Gasteiger partial charge in [-0.2, -0.15) is 5.10 Å². The second kappa shape index (κ2) is 7.16. The van der Waals surface area contributed by atoms with Crippen molar-refractivity contribution in [1.29, 1.82) is 0 Å². The van der Waals surface area contributed by atoms with Crippen molar-refractivity contribution in [1.82, 2.24) is 15.1 Å². The van der Waals surface area contributed by atoms with Crippen molar-refractivity contribution < 1.29 is 4.79 Å². The van der Waals surface area contributed by atoms with Gasteiger partial charge in [-0.05, 0) is 47.7 Å². The number of nitrogens with one attached hydrogen (secondary N) is 1. The molecule has 1 aliphatic rings. The number of aromatic amines is 1. The fourth-order valence-corrected chi connectivity index (χ4v) is 3.73. The summed E-state index contributed by atoms with van der Waals surface area (Å²) in [7, 11) is 1.93. The van der Waals surface area contributed by atoms with Crippen LogP contribution in [0.25, 0.3) is 22.4 Å². The molecule has 4 nitrogen and oxygen atoms in total. The zero-order chi connectivity index (χ0) is 17.9. The van der Waals surface area contributed by atoms with Gasteiger partial charge in [-0.25, -0.2) is 0 Å². The molecule has 0 aliphatic heterocycles. The largest absolute Gasteiger partial charge is 0.339 e. The van der Waals surface area contributed by atoms with Crippen LogP contribution >= 0.6 is 0 Å². The van der Waals surface area contributed by atoms with E-state index in [0.29, 0.717) is 6.04 Å². The molecular weight excluding hydrogens is 322 g/mol. The second-order valence-electron chi connectivity index (χ2n) is 6.98. The Labute approximate surface area is 153 Å². The van der Waals surface area contributed by atoms with Crippen molar-refractivity contribution in [2.75, 3.05) is 7.05 Å². The number of carbonyl (C=O) groups excluding carboxylic acids is 1. The van der Waals surface area contributed by atoms with Gasteiger partial charge >= 0.3 is 0 Å². The summed E-state index contributed by atoms with van der Waals surface area (Å²) in [5.74, 6) is 0.123. The molecule has 1 heterocycles. The van der Waals surface area contributed by atoms with Crippen LogP contribution in [0.1, 0.15) is 36.0 Å². The van der Waals surface area contributed by atoms with Gasteiger partial charge in [-0.3, -0.25) is 9.89 Å². The Morgan fingerprint density at radius 3 is 2.08 bits per heavy atom. The van der Waals surface area contributed by atoms with Crippen LogP contribution in [0.15, 0.2) is 60.8 Å². The third kappa shape index (κ3) is 3.27. The van der Waals surface area contributed by atoms with Crippen molar-refractivity contribution in [3.8, 4) is 22.4 Å². The van der Waals surface area contributed by atoms with Crippen LogP contribution in [0.4, 0.5) is 0 Å². The smallest absolute Gasteiger partial charge is 0.253 e. The predicted molar refractivity (Wildman–Crippen MR) is 104 cm³/mol. The first-order valence-corrected chi connectivity index (χ1v) is 9.20. The maximum absolute atomic E-state index is 12.7. The van der Waals surface area contributed by atoms with E-state index in [9.17, 15) is 4.79 Å². The first-order chi connectivity index (χ1) is 12.7. The van der Waals surface area contributed by atoms with Gasteiger partial charge in [0.05, 0.1) is 5.69 Å². The lowest BCUT2D eigenvalue weighted by Crippen LogP contribution is -2.35. The molecule has 132 valence electrons. The number of rotatable bonds is 4. The molecule has 0 saturated heterocycles. The van der Waals surface area contributed by atoms with Gasteiger partial charge in [0.2, 0.25) is 0 Å². The summed E-state index contributed by atoms with van der Waals surface area (Å²) in [4.78, 5) is 14.6. The van der Waals surface area contributed by atoms with Crippen LogP contribution in [0.3, 0.4) is 0 Å². The van der Waals surface area contributed by atoms with Crippen molar-refractivity contribution in [2.45, 2.75) is 31.7 Å². The fraction of sp³-hybridized carbons (Fsp3) is 0.273. The number of amides is 1. The number of benzene rings is 2. The fourth-order valence-electron chi connectivity index (χ4n) is 3.73. The minimum absolute atomic E-state index is 0.123. The lowest BCUT2D eigenvalue weighted by molar-refractivity contribution is 0.0735. The van der Waals surface area contributed by atoms with E-state index in [2.05, 4.69) is 34.5 Å². The SMILES string of the molecule is CN(C(=O)c1ccc(-c2ccc(-c3ccn[nH]3)cc2)cc1)C1CCCC1. The molecule has 1 aliphatic carbocycles. The van der Waals surface area contributed by atoms with Gasteiger partial charge in [0.1, 0.15) is 0 Å². The highest BCUT2D eigenvalue weighted by molar-refractivity contribution is 5.94. The van der Waals surface area contributed by atoms with Gasteiger partial charge in [-0.1, -0.05) is 49.2 Å². The van der Waals surface area contributed by atoms with Crippen molar-refractivity contribution >= 4 is 5.91 Å². The Balaban J connectivity index is 1.49. The van der Waals surface area contributed by atoms with Gasteiger partial charge in [-0.15, -0.1) is 0 Å². The third-order valence-electron chi connectivity index (χ3n) is 5.35. The zero-order valence-electron chi connectivity index (χ0n) is 15.0. The average molecular weight is 345 g/mol. The molecule has 0 radical (unpaired) electrons. The summed E-state index contributed by atoms with van der Waals surface area (Å²) in [6.45, 7) is 0. The molecule has 0 atom stereocenters. The third-order valence-corrected chi connectivity index (χ3v) is 5.35. The summed E-state index contributed by atoms with van der Waals surface area (Å²) in [5.41, 5.74) is 5.12. The molecule has 1 fully saturated rings. The maximum atomic E-state index is 12.7. The molecule has 1 N–H and O–H groups in total. The standard InChI is InChI=1S/C22H23N3O/c1-25(20-4-2-3-5-20)22(26)19-12-8-17(9-13-19)16-6-10-18(11-7-16)21-14-15-23-24-21/h6-15,20H,2-5H2,1H3,(H,23,24). The molecule has 1 amide bonds. The topological polar surface area (TPSA) is 49.0 Å². The van der Waals surface area contributed by atoms with Crippen LogP contribution < -0.4 is 0 Å². The summed E-state index contributed by atoms with van der Waals surface area (Å²) in [5, 5.41) is 6.96. The Morgan fingerprint density at radius 1 is 0.923 bits per heavy atom. The molecule has 2 aromatic carbocycles. The van der Waals surface area contributed by atoms with Crippen LogP contribution in [0.5, 0.6) is 0 Å². The Kier molecular flexibility index (Phi) is 4.57. The molecular formula is C22H23N3O. The summed E-state index contributed by atoms with van der Waals surface area (Å²) >= 11 is 0. The van der Waals surface area contributed by atoms with Gasteiger partial charge in [0.25, 0.3) is 5.91 Å². The van der Waals surface area contributed by atoms with Crippen LogP contribution in [0.2, 0.25) is 0 Å².